The van der Waals surface area contributed by atoms with Gasteiger partial charge in [0, 0.05) is 25.5 Å². The third-order valence-electron chi connectivity index (χ3n) is 3.55. The molecule has 3 rings (SSSR count). The molecule has 1 aliphatic carbocycles. The highest BCUT2D eigenvalue weighted by Gasteiger charge is 2.41. The number of hydrogen-bond donors (Lipinski definition) is 2. The van der Waals surface area contributed by atoms with Crippen molar-refractivity contribution in [2.45, 2.75) is 19.3 Å². The minimum atomic E-state index is 0.270. The van der Waals surface area contributed by atoms with Gasteiger partial charge in [0.25, 0.3) is 0 Å². The molecule has 1 fully saturated rings. The van der Waals surface area contributed by atoms with E-state index in [4.69, 9.17) is 5.11 Å². The van der Waals surface area contributed by atoms with Crippen LogP contribution in [0, 0.1) is 5.41 Å². The maximum Gasteiger partial charge on any atom is 0.152 e. The van der Waals surface area contributed by atoms with E-state index in [1.807, 2.05) is 12.3 Å². The first-order chi connectivity index (χ1) is 8.33. The van der Waals surface area contributed by atoms with E-state index in [1.54, 1.807) is 16.9 Å². The SMILES string of the molecule is OCCC1(CNc2nccn3nccc23)CC1. The highest BCUT2D eigenvalue weighted by molar-refractivity contribution is 5.66. The molecule has 0 aliphatic heterocycles. The Balaban J connectivity index is 1.75. The van der Waals surface area contributed by atoms with Crippen molar-refractivity contribution in [1.82, 2.24) is 14.6 Å². The zero-order chi connectivity index (χ0) is 11.7. The molecule has 5 nitrogen and oxygen atoms in total. The lowest BCUT2D eigenvalue weighted by Crippen LogP contribution is -2.17. The van der Waals surface area contributed by atoms with Crippen molar-refractivity contribution in [3.63, 3.8) is 0 Å². The molecule has 0 spiro atoms. The number of nitrogens with zero attached hydrogens (tertiary/aromatic N) is 3. The molecule has 5 heteroatoms. The minimum Gasteiger partial charge on any atom is -0.396 e. The number of hydrogen-bond acceptors (Lipinski definition) is 4. The van der Waals surface area contributed by atoms with Crippen LogP contribution < -0.4 is 5.32 Å². The molecule has 2 aromatic heterocycles. The lowest BCUT2D eigenvalue weighted by molar-refractivity contribution is 0.253. The van der Waals surface area contributed by atoms with Gasteiger partial charge in [-0.25, -0.2) is 9.50 Å². The second kappa shape index (κ2) is 4.00. The van der Waals surface area contributed by atoms with Gasteiger partial charge in [-0.15, -0.1) is 0 Å². The molecule has 0 aromatic carbocycles. The van der Waals surface area contributed by atoms with Gasteiger partial charge in [-0.2, -0.15) is 5.10 Å². The van der Waals surface area contributed by atoms with Crippen LogP contribution in [-0.4, -0.2) is 32.9 Å². The van der Waals surface area contributed by atoms with Crippen molar-refractivity contribution in [1.29, 1.82) is 0 Å². The molecule has 2 heterocycles. The second-order valence-electron chi connectivity index (χ2n) is 4.76. The van der Waals surface area contributed by atoms with Crippen LogP contribution in [0.15, 0.2) is 24.7 Å². The molecular weight excluding hydrogens is 216 g/mol. The van der Waals surface area contributed by atoms with Gasteiger partial charge in [0.05, 0.1) is 6.20 Å². The molecule has 2 N–H and O–H groups in total. The second-order valence-corrected chi connectivity index (χ2v) is 4.76. The van der Waals surface area contributed by atoms with E-state index < -0.39 is 0 Å². The van der Waals surface area contributed by atoms with Crippen LogP contribution in [0.2, 0.25) is 0 Å². The minimum absolute atomic E-state index is 0.270. The smallest absolute Gasteiger partial charge is 0.152 e. The quantitative estimate of drug-likeness (QED) is 0.815. The third kappa shape index (κ3) is 1.98. The van der Waals surface area contributed by atoms with E-state index in [2.05, 4.69) is 15.4 Å². The van der Waals surface area contributed by atoms with Gasteiger partial charge in [0.15, 0.2) is 5.82 Å². The summed E-state index contributed by atoms with van der Waals surface area (Å²) in [6.45, 7) is 1.15. The van der Waals surface area contributed by atoms with Crippen molar-refractivity contribution in [2.75, 3.05) is 18.5 Å². The standard InChI is InChI=1S/C12H16N4O/c17-8-4-12(2-3-12)9-14-11-10-1-5-15-16(10)7-6-13-11/h1,5-7,17H,2-4,8-9H2,(H,13,14). The Bertz CT molecular complexity index is 518. The van der Waals surface area contributed by atoms with Crippen LogP contribution >= 0.6 is 0 Å². The topological polar surface area (TPSA) is 62.5 Å². The van der Waals surface area contributed by atoms with Gasteiger partial charge in [0.2, 0.25) is 0 Å². The molecule has 0 amide bonds. The monoisotopic (exact) mass is 232 g/mol. The highest BCUT2D eigenvalue weighted by Crippen LogP contribution is 2.48. The summed E-state index contributed by atoms with van der Waals surface area (Å²) in [7, 11) is 0. The van der Waals surface area contributed by atoms with Crippen LogP contribution in [0.25, 0.3) is 5.52 Å². The predicted molar refractivity (Wildman–Crippen MR) is 64.8 cm³/mol. The zero-order valence-electron chi connectivity index (χ0n) is 9.63. The number of nitrogens with one attached hydrogen (secondary N) is 1. The fourth-order valence-corrected chi connectivity index (χ4v) is 2.19. The van der Waals surface area contributed by atoms with Crippen LogP contribution in [0.4, 0.5) is 5.82 Å². The third-order valence-corrected chi connectivity index (χ3v) is 3.55. The molecule has 0 atom stereocenters. The molecule has 1 saturated carbocycles. The molecule has 1 aliphatic rings. The Hall–Kier alpha value is -1.62. The number of rotatable bonds is 5. The molecule has 0 bridgehead atoms. The molecular formula is C12H16N4O. The Morgan fingerprint density at radius 3 is 3.06 bits per heavy atom. The molecule has 0 radical (unpaired) electrons. The van der Waals surface area contributed by atoms with E-state index in [9.17, 15) is 0 Å². The van der Waals surface area contributed by atoms with Gasteiger partial charge in [-0.05, 0) is 30.7 Å². The van der Waals surface area contributed by atoms with Gasteiger partial charge in [-0.3, -0.25) is 0 Å². The van der Waals surface area contributed by atoms with E-state index in [1.165, 1.54) is 12.8 Å². The predicted octanol–water partition coefficient (Wildman–Crippen LogP) is 1.30. The Morgan fingerprint density at radius 1 is 1.41 bits per heavy atom. The summed E-state index contributed by atoms with van der Waals surface area (Å²) in [4.78, 5) is 4.34. The molecule has 17 heavy (non-hydrogen) atoms. The Kier molecular flexibility index (Phi) is 2.48. The maximum atomic E-state index is 9.02. The summed E-state index contributed by atoms with van der Waals surface area (Å²) in [5, 5.41) is 16.6. The normalized spacial score (nSPS) is 17.2. The van der Waals surface area contributed by atoms with E-state index >= 15 is 0 Å². The first-order valence-corrected chi connectivity index (χ1v) is 5.96. The van der Waals surface area contributed by atoms with Crippen LogP contribution in [0.3, 0.4) is 0 Å². The van der Waals surface area contributed by atoms with Gasteiger partial charge in [0.1, 0.15) is 5.52 Å². The summed E-state index contributed by atoms with van der Waals surface area (Å²) >= 11 is 0. The van der Waals surface area contributed by atoms with Crippen molar-refractivity contribution < 1.29 is 5.11 Å². The fraction of sp³-hybridized carbons (Fsp3) is 0.500. The molecule has 2 aromatic rings. The zero-order valence-corrected chi connectivity index (χ0v) is 9.63. The van der Waals surface area contributed by atoms with Crippen molar-refractivity contribution >= 4 is 11.3 Å². The average molecular weight is 232 g/mol. The number of aliphatic hydroxyl groups is 1. The highest BCUT2D eigenvalue weighted by atomic mass is 16.3. The summed E-state index contributed by atoms with van der Waals surface area (Å²) < 4.78 is 1.81. The fourth-order valence-electron chi connectivity index (χ4n) is 2.19. The van der Waals surface area contributed by atoms with Crippen LogP contribution in [0.1, 0.15) is 19.3 Å². The summed E-state index contributed by atoms with van der Waals surface area (Å²) in [5.41, 5.74) is 1.29. The maximum absolute atomic E-state index is 9.02. The first kappa shape index (κ1) is 10.5. The average Bonchev–Trinajstić information content (AvgIpc) is 2.92. The first-order valence-electron chi connectivity index (χ1n) is 5.96. The van der Waals surface area contributed by atoms with Gasteiger partial charge in [-0.1, -0.05) is 0 Å². The van der Waals surface area contributed by atoms with Crippen molar-refractivity contribution in [2.24, 2.45) is 5.41 Å². The largest absolute Gasteiger partial charge is 0.396 e. The Morgan fingerprint density at radius 2 is 2.29 bits per heavy atom. The lowest BCUT2D eigenvalue weighted by Gasteiger charge is -2.15. The van der Waals surface area contributed by atoms with Crippen LogP contribution in [0.5, 0.6) is 0 Å². The summed E-state index contributed by atoms with van der Waals surface area (Å²) in [6.07, 6.45) is 8.62. The summed E-state index contributed by atoms with van der Waals surface area (Å²) in [6, 6.07) is 1.95. The number of aliphatic hydroxyl groups excluding tert-OH is 1. The molecule has 0 saturated heterocycles. The number of fused-ring (bicyclic) bond motifs is 1. The van der Waals surface area contributed by atoms with Gasteiger partial charge < -0.3 is 10.4 Å². The molecule has 0 unspecified atom stereocenters. The van der Waals surface area contributed by atoms with E-state index in [0.29, 0.717) is 5.41 Å². The summed E-state index contributed by atoms with van der Waals surface area (Å²) in [5.74, 6) is 0.870. The van der Waals surface area contributed by atoms with Gasteiger partial charge >= 0.3 is 0 Å². The lowest BCUT2D eigenvalue weighted by atomic mass is 10.0. The molecule has 90 valence electrons. The number of anilines is 1. The van der Waals surface area contributed by atoms with E-state index in [-0.39, 0.29) is 6.61 Å². The van der Waals surface area contributed by atoms with E-state index in [0.717, 1.165) is 24.3 Å². The van der Waals surface area contributed by atoms with Crippen molar-refractivity contribution in [3.8, 4) is 0 Å². The number of aromatic nitrogens is 3. The van der Waals surface area contributed by atoms with Crippen LogP contribution in [-0.2, 0) is 0 Å². The van der Waals surface area contributed by atoms with Crippen molar-refractivity contribution in [3.05, 3.63) is 24.7 Å². The Labute approximate surface area is 99.5 Å².